The highest BCUT2D eigenvalue weighted by molar-refractivity contribution is 5.41. The molecule has 2 N–H and O–H groups in total. The van der Waals surface area contributed by atoms with E-state index in [1.54, 1.807) is 6.92 Å². The number of nitrogens with zero attached hydrogens (tertiary/aromatic N) is 4. The van der Waals surface area contributed by atoms with Gasteiger partial charge in [0.15, 0.2) is 11.6 Å². The van der Waals surface area contributed by atoms with Gasteiger partial charge in [-0.3, -0.25) is 4.90 Å². The molecule has 2 heterocycles. The first-order valence-corrected chi connectivity index (χ1v) is 6.37. The number of hydrogen-bond acceptors (Lipinski definition) is 5. The normalized spacial score (nSPS) is 17.2. The summed E-state index contributed by atoms with van der Waals surface area (Å²) in [5.41, 5.74) is 5.90. The van der Waals surface area contributed by atoms with E-state index in [4.69, 9.17) is 5.73 Å². The molecule has 1 aliphatic rings. The first-order chi connectivity index (χ1) is 8.72. The van der Waals surface area contributed by atoms with Gasteiger partial charge >= 0.3 is 0 Å². The van der Waals surface area contributed by atoms with E-state index < -0.39 is 0 Å². The SMILES string of the molecule is Cc1ncnc(N2CCN(CCCN)CC2)c1F. The van der Waals surface area contributed by atoms with Crippen molar-refractivity contribution >= 4 is 5.82 Å². The maximum Gasteiger partial charge on any atom is 0.186 e. The monoisotopic (exact) mass is 253 g/mol. The van der Waals surface area contributed by atoms with Crippen LogP contribution in [0, 0.1) is 12.7 Å². The molecule has 1 saturated heterocycles. The fourth-order valence-electron chi connectivity index (χ4n) is 2.16. The summed E-state index contributed by atoms with van der Waals surface area (Å²) in [5, 5.41) is 0. The minimum absolute atomic E-state index is 0.298. The molecule has 18 heavy (non-hydrogen) atoms. The largest absolute Gasteiger partial charge is 0.352 e. The fourth-order valence-corrected chi connectivity index (χ4v) is 2.16. The smallest absolute Gasteiger partial charge is 0.186 e. The van der Waals surface area contributed by atoms with E-state index in [0.29, 0.717) is 11.5 Å². The summed E-state index contributed by atoms with van der Waals surface area (Å²) in [7, 11) is 0. The van der Waals surface area contributed by atoms with Gasteiger partial charge in [-0.05, 0) is 26.4 Å². The van der Waals surface area contributed by atoms with Crippen LogP contribution in [0.3, 0.4) is 0 Å². The van der Waals surface area contributed by atoms with Gasteiger partial charge in [0.05, 0.1) is 5.69 Å². The maximum atomic E-state index is 13.9. The number of piperazine rings is 1. The van der Waals surface area contributed by atoms with E-state index in [0.717, 1.165) is 45.7 Å². The van der Waals surface area contributed by atoms with E-state index in [2.05, 4.69) is 14.9 Å². The van der Waals surface area contributed by atoms with Crippen LogP contribution in [-0.2, 0) is 0 Å². The zero-order chi connectivity index (χ0) is 13.0. The van der Waals surface area contributed by atoms with Crippen LogP contribution in [0.25, 0.3) is 0 Å². The fraction of sp³-hybridized carbons (Fsp3) is 0.667. The standard InChI is InChI=1S/C12H20FN5/c1-10-11(13)12(16-9-15-10)18-7-5-17(6-8-18)4-2-3-14/h9H,2-8,14H2,1H3. The number of nitrogens with two attached hydrogens (primary N) is 1. The zero-order valence-corrected chi connectivity index (χ0v) is 10.8. The summed E-state index contributed by atoms with van der Waals surface area (Å²) in [6.45, 7) is 6.88. The summed E-state index contributed by atoms with van der Waals surface area (Å²) in [4.78, 5) is 12.2. The topological polar surface area (TPSA) is 58.3 Å². The van der Waals surface area contributed by atoms with E-state index in [1.807, 2.05) is 4.90 Å². The Morgan fingerprint density at radius 1 is 1.28 bits per heavy atom. The third-order valence-electron chi connectivity index (χ3n) is 3.30. The molecule has 6 heteroatoms. The Morgan fingerprint density at radius 3 is 2.67 bits per heavy atom. The van der Waals surface area contributed by atoms with Crippen molar-refractivity contribution in [2.75, 3.05) is 44.2 Å². The van der Waals surface area contributed by atoms with Crippen molar-refractivity contribution in [2.45, 2.75) is 13.3 Å². The summed E-state index contributed by atoms with van der Waals surface area (Å²) >= 11 is 0. The Labute approximate surface area is 107 Å². The lowest BCUT2D eigenvalue weighted by atomic mass is 10.2. The van der Waals surface area contributed by atoms with Gasteiger partial charge in [-0.1, -0.05) is 0 Å². The molecular formula is C12H20FN5. The molecule has 100 valence electrons. The van der Waals surface area contributed by atoms with Gasteiger partial charge in [-0.2, -0.15) is 0 Å². The molecule has 0 atom stereocenters. The highest BCUT2D eigenvalue weighted by atomic mass is 19.1. The van der Waals surface area contributed by atoms with Crippen molar-refractivity contribution in [1.82, 2.24) is 14.9 Å². The van der Waals surface area contributed by atoms with Crippen LogP contribution in [0.15, 0.2) is 6.33 Å². The molecule has 0 aliphatic carbocycles. The summed E-state index contributed by atoms with van der Waals surface area (Å²) < 4.78 is 13.9. The Kier molecular flexibility index (Phi) is 4.43. The Morgan fingerprint density at radius 2 is 2.00 bits per heavy atom. The van der Waals surface area contributed by atoms with Gasteiger partial charge in [0.2, 0.25) is 0 Å². The Hall–Kier alpha value is -1.27. The second-order valence-corrected chi connectivity index (χ2v) is 4.57. The summed E-state index contributed by atoms with van der Waals surface area (Å²) in [6.07, 6.45) is 2.44. The van der Waals surface area contributed by atoms with E-state index in [1.165, 1.54) is 6.33 Å². The third kappa shape index (κ3) is 2.94. The molecule has 0 saturated carbocycles. The predicted octanol–water partition coefficient (Wildman–Crippen LogP) is 0.395. The van der Waals surface area contributed by atoms with Crippen molar-refractivity contribution < 1.29 is 4.39 Å². The minimum atomic E-state index is -0.298. The number of aromatic nitrogens is 2. The van der Waals surface area contributed by atoms with Gasteiger partial charge in [0.1, 0.15) is 6.33 Å². The van der Waals surface area contributed by atoms with Crippen molar-refractivity contribution in [2.24, 2.45) is 5.73 Å². The molecule has 0 amide bonds. The molecule has 1 aromatic rings. The highest BCUT2D eigenvalue weighted by Crippen LogP contribution is 2.18. The molecule has 2 rings (SSSR count). The first-order valence-electron chi connectivity index (χ1n) is 6.37. The highest BCUT2D eigenvalue weighted by Gasteiger charge is 2.21. The number of anilines is 1. The van der Waals surface area contributed by atoms with E-state index in [9.17, 15) is 4.39 Å². The second-order valence-electron chi connectivity index (χ2n) is 4.57. The summed E-state index contributed by atoms with van der Waals surface area (Å²) in [5.74, 6) is 0.133. The lowest BCUT2D eigenvalue weighted by Crippen LogP contribution is -2.47. The van der Waals surface area contributed by atoms with Crippen molar-refractivity contribution in [3.05, 3.63) is 17.8 Å². The van der Waals surface area contributed by atoms with Gasteiger partial charge < -0.3 is 10.6 Å². The summed E-state index contributed by atoms with van der Waals surface area (Å²) in [6, 6.07) is 0. The molecular weight excluding hydrogens is 233 g/mol. The van der Waals surface area contributed by atoms with Crippen LogP contribution < -0.4 is 10.6 Å². The number of rotatable bonds is 4. The van der Waals surface area contributed by atoms with Gasteiger partial charge in [-0.15, -0.1) is 0 Å². The van der Waals surface area contributed by atoms with Crippen molar-refractivity contribution in [3.63, 3.8) is 0 Å². The minimum Gasteiger partial charge on any atom is -0.352 e. The number of aryl methyl sites for hydroxylation is 1. The van der Waals surface area contributed by atoms with Crippen LogP contribution in [-0.4, -0.2) is 54.1 Å². The van der Waals surface area contributed by atoms with Gasteiger partial charge in [0, 0.05) is 26.2 Å². The first kappa shape index (κ1) is 13.2. The van der Waals surface area contributed by atoms with Crippen molar-refractivity contribution in [3.8, 4) is 0 Å². The Bertz CT molecular complexity index is 390. The van der Waals surface area contributed by atoms with Crippen molar-refractivity contribution in [1.29, 1.82) is 0 Å². The van der Waals surface area contributed by atoms with E-state index in [-0.39, 0.29) is 5.82 Å². The molecule has 0 radical (unpaired) electrons. The van der Waals surface area contributed by atoms with E-state index >= 15 is 0 Å². The average molecular weight is 253 g/mol. The molecule has 0 unspecified atom stereocenters. The molecule has 5 nitrogen and oxygen atoms in total. The predicted molar refractivity (Wildman–Crippen MR) is 69.1 cm³/mol. The number of halogens is 1. The third-order valence-corrected chi connectivity index (χ3v) is 3.30. The van der Waals surface area contributed by atoms with Crippen LogP contribution in [0.4, 0.5) is 10.2 Å². The lowest BCUT2D eigenvalue weighted by molar-refractivity contribution is 0.255. The van der Waals surface area contributed by atoms with Crippen LogP contribution in [0.1, 0.15) is 12.1 Å². The molecule has 0 bridgehead atoms. The molecule has 1 aliphatic heterocycles. The van der Waals surface area contributed by atoms with Crippen LogP contribution >= 0.6 is 0 Å². The Balaban J connectivity index is 1.95. The number of hydrogen-bond donors (Lipinski definition) is 1. The zero-order valence-electron chi connectivity index (χ0n) is 10.8. The maximum absolute atomic E-state index is 13.9. The van der Waals surface area contributed by atoms with Gasteiger partial charge in [0.25, 0.3) is 0 Å². The van der Waals surface area contributed by atoms with Crippen LogP contribution in [0.2, 0.25) is 0 Å². The van der Waals surface area contributed by atoms with Gasteiger partial charge in [-0.25, -0.2) is 14.4 Å². The quantitative estimate of drug-likeness (QED) is 0.841. The lowest BCUT2D eigenvalue weighted by Gasteiger charge is -2.35. The molecule has 1 fully saturated rings. The molecule has 1 aromatic heterocycles. The van der Waals surface area contributed by atoms with Crippen LogP contribution in [0.5, 0.6) is 0 Å². The second kappa shape index (κ2) is 6.06. The molecule has 0 aromatic carbocycles. The average Bonchev–Trinajstić information content (AvgIpc) is 2.40. The molecule has 0 spiro atoms.